The van der Waals surface area contributed by atoms with E-state index >= 15 is 0 Å². The summed E-state index contributed by atoms with van der Waals surface area (Å²) in [6, 6.07) is 11.1. The predicted molar refractivity (Wildman–Crippen MR) is 120 cm³/mol. The largest absolute Gasteiger partial charge is 0.444 e. The Labute approximate surface area is 186 Å². The van der Waals surface area contributed by atoms with Crippen LogP contribution in [0.25, 0.3) is 0 Å². The van der Waals surface area contributed by atoms with Crippen molar-refractivity contribution in [2.24, 2.45) is 5.92 Å². The number of likely N-dealkylation sites (tertiary alicyclic amines) is 1. The minimum absolute atomic E-state index is 0.0935. The smallest absolute Gasteiger partial charge is 0.407 e. The average Bonchev–Trinajstić information content (AvgIpc) is 2.97. The molecule has 0 saturated carbocycles. The molecule has 2 bridgehead atoms. The third-order valence-corrected chi connectivity index (χ3v) is 6.81. The van der Waals surface area contributed by atoms with E-state index in [1.165, 1.54) is 5.56 Å². The first kappa shape index (κ1) is 22.1. The number of nitrogens with one attached hydrogen (secondary N) is 1. The summed E-state index contributed by atoms with van der Waals surface area (Å²) in [7, 11) is 0. The lowest BCUT2D eigenvalue weighted by Gasteiger charge is -2.42. The Kier molecular flexibility index (Phi) is 6.56. The number of piperidine rings is 2. The molecule has 170 valence electrons. The summed E-state index contributed by atoms with van der Waals surface area (Å²) >= 11 is 0. The molecule has 6 heteroatoms. The zero-order valence-electron chi connectivity index (χ0n) is 19.2. The van der Waals surface area contributed by atoms with E-state index in [-0.39, 0.29) is 30.1 Å². The van der Waals surface area contributed by atoms with Gasteiger partial charge in [-0.25, -0.2) is 4.79 Å². The second-order valence-electron chi connectivity index (χ2n) is 10.5. The van der Waals surface area contributed by atoms with Crippen molar-refractivity contribution in [2.45, 2.75) is 89.6 Å². The molecule has 31 heavy (non-hydrogen) atoms. The van der Waals surface area contributed by atoms with Crippen LogP contribution in [0.3, 0.4) is 0 Å². The number of hydrogen-bond donors (Lipinski definition) is 1. The monoisotopic (exact) mass is 427 g/mol. The number of benzene rings is 1. The fourth-order valence-corrected chi connectivity index (χ4v) is 5.58. The fourth-order valence-electron chi connectivity index (χ4n) is 5.58. The third kappa shape index (κ3) is 5.59. The van der Waals surface area contributed by atoms with Gasteiger partial charge in [0.25, 0.3) is 0 Å². The zero-order chi connectivity index (χ0) is 22.0. The first-order chi connectivity index (χ1) is 14.8. The maximum absolute atomic E-state index is 13.5. The number of nitrogens with zero attached hydrogens (tertiary/aromatic N) is 2. The van der Waals surface area contributed by atoms with E-state index < -0.39 is 5.60 Å². The summed E-state index contributed by atoms with van der Waals surface area (Å²) < 4.78 is 5.43. The molecule has 3 saturated heterocycles. The molecule has 2 amide bonds. The van der Waals surface area contributed by atoms with Crippen LogP contribution in [0.4, 0.5) is 4.79 Å². The van der Waals surface area contributed by atoms with Crippen LogP contribution in [0.2, 0.25) is 0 Å². The summed E-state index contributed by atoms with van der Waals surface area (Å²) in [6.07, 6.45) is 5.48. The van der Waals surface area contributed by atoms with Gasteiger partial charge in [0, 0.05) is 31.2 Å². The topological polar surface area (TPSA) is 61.9 Å². The van der Waals surface area contributed by atoms with Crippen molar-refractivity contribution in [3.8, 4) is 0 Å². The second-order valence-corrected chi connectivity index (χ2v) is 10.5. The van der Waals surface area contributed by atoms with Crippen LogP contribution >= 0.6 is 0 Å². The summed E-state index contributed by atoms with van der Waals surface area (Å²) in [5, 5.41) is 3.04. The van der Waals surface area contributed by atoms with Crippen LogP contribution in [-0.2, 0) is 16.1 Å². The number of carbonyl (C=O) groups is 2. The summed E-state index contributed by atoms with van der Waals surface area (Å²) in [4.78, 5) is 30.3. The third-order valence-electron chi connectivity index (χ3n) is 6.81. The van der Waals surface area contributed by atoms with Gasteiger partial charge in [-0.05, 0) is 71.4 Å². The molecule has 4 rings (SSSR count). The van der Waals surface area contributed by atoms with Crippen molar-refractivity contribution in [3.63, 3.8) is 0 Å². The van der Waals surface area contributed by atoms with E-state index in [4.69, 9.17) is 4.74 Å². The Morgan fingerprint density at radius 1 is 1.06 bits per heavy atom. The van der Waals surface area contributed by atoms with Gasteiger partial charge in [0.15, 0.2) is 0 Å². The average molecular weight is 428 g/mol. The molecule has 6 nitrogen and oxygen atoms in total. The quantitative estimate of drug-likeness (QED) is 0.791. The molecular weight excluding hydrogens is 390 g/mol. The molecular formula is C25H37N3O3. The van der Waals surface area contributed by atoms with Gasteiger partial charge in [-0.3, -0.25) is 9.69 Å². The van der Waals surface area contributed by atoms with Gasteiger partial charge < -0.3 is 15.0 Å². The number of carbonyl (C=O) groups excluding carboxylic acids is 2. The van der Waals surface area contributed by atoms with Crippen LogP contribution in [0, 0.1) is 5.92 Å². The molecule has 3 fully saturated rings. The molecule has 2 unspecified atom stereocenters. The molecule has 1 aromatic rings. The van der Waals surface area contributed by atoms with E-state index in [0.29, 0.717) is 5.91 Å². The van der Waals surface area contributed by atoms with Gasteiger partial charge in [-0.15, -0.1) is 0 Å². The predicted octanol–water partition coefficient (Wildman–Crippen LogP) is 3.95. The number of alkyl carbamates (subject to hydrolysis) is 1. The number of amides is 2. The highest BCUT2D eigenvalue weighted by Gasteiger charge is 2.45. The standard InChI is InChI=1S/C25H37N3O3/c1-25(2,3)31-24(30)26-20-14-21-11-12-22(15-20)28(21)23(29)19-10-7-13-27(17-19)16-18-8-5-4-6-9-18/h4-6,8-9,19-22H,7,10-17H2,1-3H3,(H,26,30)/t19?,20?,21-,22+. The normalized spacial score (nSPS) is 28.9. The molecule has 1 N–H and O–H groups in total. The molecule has 1 aromatic carbocycles. The second kappa shape index (κ2) is 9.19. The molecule has 3 heterocycles. The van der Waals surface area contributed by atoms with Crippen LogP contribution in [0.1, 0.15) is 64.9 Å². The SMILES string of the molecule is CC(C)(C)OC(=O)NC1C[C@H]2CC[C@@H](C1)N2C(=O)C1CCCN(Cc2ccccc2)C1. The number of ether oxygens (including phenoxy) is 1. The van der Waals surface area contributed by atoms with E-state index in [9.17, 15) is 9.59 Å². The lowest BCUT2D eigenvalue weighted by atomic mass is 9.91. The highest BCUT2D eigenvalue weighted by molar-refractivity contribution is 5.80. The highest BCUT2D eigenvalue weighted by Crippen LogP contribution is 2.38. The Bertz CT molecular complexity index is 762. The highest BCUT2D eigenvalue weighted by atomic mass is 16.6. The number of hydrogen-bond acceptors (Lipinski definition) is 4. The van der Waals surface area contributed by atoms with E-state index in [0.717, 1.165) is 58.2 Å². The molecule has 0 aliphatic carbocycles. The molecule has 3 aliphatic heterocycles. The van der Waals surface area contributed by atoms with Crippen molar-refractivity contribution in [3.05, 3.63) is 35.9 Å². The summed E-state index contributed by atoms with van der Waals surface area (Å²) in [5.74, 6) is 0.428. The van der Waals surface area contributed by atoms with Crippen LogP contribution in [-0.4, -0.2) is 58.6 Å². The Balaban J connectivity index is 1.33. The lowest BCUT2D eigenvalue weighted by molar-refractivity contribution is -0.142. The Morgan fingerprint density at radius 3 is 2.39 bits per heavy atom. The molecule has 0 radical (unpaired) electrons. The van der Waals surface area contributed by atoms with Crippen molar-refractivity contribution in [1.29, 1.82) is 0 Å². The fraction of sp³-hybridized carbons (Fsp3) is 0.680. The van der Waals surface area contributed by atoms with Crippen molar-refractivity contribution >= 4 is 12.0 Å². The Morgan fingerprint density at radius 2 is 1.74 bits per heavy atom. The minimum Gasteiger partial charge on any atom is -0.444 e. The first-order valence-electron chi connectivity index (χ1n) is 11.9. The number of fused-ring (bicyclic) bond motifs is 2. The molecule has 4 atom stereocenters. The van der Waals surface area contributed by atoms with Crippen LogP contribution in [0.15, 0.2) is 30.3 Å². The summed E-state index contributed by atoms with van der Waals surface area (Å²) in [5.41, 5.74) is 0.816. The van der Waals surface area contributed by atoms with Crippen LogP contribution < -0.4 is 5.32 Å². The zero-order valence-corrected chi connectivity index (χ0v) is 19.2. The maximum Gasteiger partial charge on any atom is 0.407 e. The van der Waals surface area contributed by atoms with Crippen molar-refractivity contribution < 1.29 is 14.3 Å². The number of rotatable bonds is 4. The van der Waals surface area contributed by atoms with Crippen LogP contribution in [0.5, 0.6) is 0 Å². The van der Waals surface area contributed by atoms with E-state index in [1.807, 2.05) is 26.8 Å². The van der Waals surface area contributed by atoms with Gasteiger partial charge in [-0.2, -0.15) is 0 Å². The van der Waals surface area contributed by atoms with Gasteiger partial charge in [-0.1, -0.05) is 30.3 Å². The van der Waals surface area contributed by atoms with E-state index in [2.05, 4.69) is 39.4 Å². The molecule has 0 aromatic heterocycles. The maximum atomic E-state index is 13.5. The van der Waals surface area contributed by atoms with Gasteiger partial charge in [0.05, 0.1) is 5.92 Å². The minimum atomic E-state index is -0.494. The van der Waals surface area contributed by atoms with Gasteiger partial charge in [0.2, 0.25) is 5.91 Å². The van der Waals surface area contributed by atoms with Gasteiger partial charge in [0.1, 0.15) is 5.60 Å². The van der Waals surface area contributed by atoms with Crippen molar-refractivity contribution in [2.75, 3.05) is 13.1 Å². The molecule has 3 aliphatic rings. The summed E-state index contributed by atoms with van der Waals surface area (Å²) in [6.45, 7) is 8.46. The Hall–Kier alpha value is -2.08. The van der Waals surface area contributed by atoms with Gasteiger partial charge >= 0.3 is 6.09 Å². The van der Waals surface area contributed by atoms with Crippen molar-refractivity contribution in [1.82, 2.24) is 15.1 Å². The molecule has 0 spiro atoms. The van der Waals surface area contributed by atoms with E-state index in [1.54, 1.807) is 0 Å². The lowest BCUT2D eigenvalue weighted by Crippen LogP contribution is -2.55. The first-order valence-corrected chi connectivity index (χ1v) is 11.9.